The molecule has 5 heteroatoms. The Morgan fingerprint density at radius 1 is 1.59 bits per heavy atom. The lowest BCUT2D eigenvalue weighted by Crippen LogP contribution is -2.53. The summed E-state index contributed by atoms with van der Waals surface area (Å²) in [7, 11) is 0. The summed E-state index contributed by atoms with van der Waals surface area (Å²) in [6.07, 6.45) is 0. The first-order valence-electron chi connectivity index (χ1n) is 5.39. The molecule has 1 unspecified atom stereocenters. The van der Waals surface area contributed by atoms with Crippen molar-refractivity contribution >= 4 is 17.5 Å². The van der Waals surface area contributed by atoms with Crippen molar-refractivity contribution in [2.45, 2.75) is 6.04 Å². The molecule has 17 heavy (non-hydrogen) atoms. The van der Waals surface area contributed by atoms with Crippen molar-refractivity contribution in [1.82, 2.24) is 10.2 Å². The van der Waals surface area contributed by atoms with Crippen molar-refractivity contribution in [2.75, 3.05) is 19.6 Å². The van der Waals surface area contributed by atoms with Gasteiger partial charge in [0, 0.05) is 30.2 Å². The number of hydrogen-bond acceptors (Lipinski definition) is 3. The maximum atomic E-state index is 12.2. The summed E-state index contributed by atoms with van der Waals surface area (Å²) in [5, 5.41) is 12.6. The summed E-state index contributed by atoms with van der Waals surface area (Å²) in [6, 6.07) is 8.52. The van der Waals surface area contributed by atoms with Gasteiger partial charge in [0.05, 0.1) is 6.07 Å². The maximum Gasteiger partial charge on any atom is 0.255 e. The summed E-state index contributed by atoms with van der Waals surface area (Å²) in [5.41, 5.74) is 0.527. The van der Waals surface area contributed by atoms with Crippen LogP contribution in [0, 0.1) is 11.3 Å². The molecule has 0 aromatic heterocycles. The van der Waals surface area contributed by atoms with Gasteiger partial charge in [0.1, 0.15) is 6.04 Å². The highest BCUT2D eigenvalue weighted by molar-refractivity contribution is 6.30. The summed E-state index contributed by atoms with van der Waals surface area (Å²) in [6.45, 7) is 1.77. The number of rotatable bonds is 1. The molecule has 1 heterocycles. The maximum absolute atomic E-state index is 12.2. The molecule has 4 nitrogen and oxygen atoms in total. The molecule has 1 aliphatic heterocycles. The molecule has 2 rings (SSSR count). The SMILES string of the molecule is N#CC1CNCCN1C(=O)c1cccc(Cl)c1. The molecule has 1 amide bonds. The Bertz CT molecular complexity index is 469. The van der Waals surface area contributed by atoms with Crippen LogP contribution in [0.25, 0.3) is 0 Å². The molecule has 1 fully saturated rings. The molecule has 1 N–H and O–H groups in total. The van der Waals surface area contributed by atoms with Gasteiger partial charge in [-0.15, -0.1) is 0 Å². The third kappa shape index (κ3) is 2.57. The van der Waals surface area contributed by atoms with E-state index in [4.69, 9.17) is 16.9 Å². The molecular weight excluding hydrogens is 238 g/mol. The van der Waals surface area contributed by atoms with Crippen LogP contribution in [0.15, 0.2) is 24.3 Å². The number of hydrogen-bond donors (Lipinski definition) is 1. The average molecular weight is 250 g/mol. The first-order chi connectivity index (χ1) is 8.22. The number of nitrogens with one attached hydrogen (secondary N) is 1. The van der Waals surface area contributed by atoms with E-state index in [9.17, 15) is 4.79 Å². The number of benzene rings is 1. The van der Waals surface area contributed by atoms with Crippen molar-refractivity contribution < 1.29 is 4.79 Å². The van der Waals surface area contributed by atoms with Gasteiger partial charge in [-0.25, -0.2) is 0 Å². The summed E-state index contributed by atoms with van der Waals surface area (Å²) >= 11 is 5.85. The third-order valence-corrected chi connectivity index (χ3v) is 2.96. The topological polar surface area (TPSA) is 56.1 Å². The highest BCUT2D eigenvalue weighted by Gasteiger charge is 2.27. The van der Waals surface area contributed by atoms with E-state index >= 15 is 0 Å². The van der Waals surface area contributed by atoms with E-state index in [-0.39, 0.29) is 5.91 Å². The fourth-order valence-corrected chi connectivity index (χ4v) is 2.04. The minimum absolute atomic E-state index is 0.138. The van der Waals surface area contributed by atoms with E-state index in [0.29, 0.717) is 30.2 Å². The van der Waals surface area contributed by atoms with Crippen molar-refractivity contribution in [1.29, 1.82) is 5.26 Å². The smallest absolute Gasteiger partial charge is 0.255 e. The predicted molar refractivity (Wildman–Crippen MR) is 64.8 cm³/mol. The lowest BCUT2D eigenvalue weighted by molar-refractivity contribution is 0.0687. The largest absolute Gasteiger partial charge is 0.320 e. The Labute approximate surface area is 105 Å². The predicted octanol–water partition coefficient (Wildman–Crippen LogP) is 1.28. The van der Waals surface area contributed by atoms with E-state index in [2.05, 4.69) is 11.4 Å². The van der Waals surface area contributed by atoms with Crippen molar-refractivity contribution in [3.8, 4) is 6.07 Å². The fourth-order valence-electron chi connectivity index (χ4n) is 1.85. The van der Waals surface area contributed by atoms with Gasteiger partial charge in [0.25, 0.3) is 5.91 Å². The van der Waals surface area contributed by atoms with Crippen molar-refractivity contribution in [3.05, 3.63) is 34.9 Å². The van der Waals surface area contributed by atoms with Gasteiger partial charge in [-0.2, -0.15) is 5.26 Å². The molecule has 1 saturated heterocycles. The van der Waals surface area contributed by atoms with Crippen LogP contribution in [0.3, 0.4) is 0 Å². The van der Waals surface area contributed by atoms with Crippen LogP contribution < -0.4 is 5.32 Å². The molecule has 1 aromatic carbocycles. The normalized spacial score (nSPS) is 19.8. The summed E-state index contributed by atoms with van der Waals surface area (Å²) in [4.78, 5) is 13.8. The van der Waals surface area contributed by atoms with E-state index in [1.54, 1.807) is 29.2 Å². The number of piperazine rings is 1. The number of nitrogens with zero attached hydrogens (tertiary/aromatic N) is 2. The van der Waals surface area contributed by atoms with Crippen molar-refractivity contribution in [2.24, 2.45) is 0 Å². The van der Waals surface area contributed by atoms with Gasteiger partial charge < -0.3 is 10.2 Å². The van der Waals surface area contributed by atoms with Gasteiger partial charge in [-0.1, -0.05) is 17.7 Å². The van der Waals surface area contributed by atoms with Gasteiger partial charge in [0.15, 0.2) is 0 Å². The molecule has 1 atom stereocenters. The average Bonchev–Trinajstić information content (AvgIpc) is 2.38. The fraction of sp³-hybridized carbons (Fsp3) is 0.333. The van der Waals surface area contributed by atoms with Gasteiger partial charge in [0.2, 0.25) is 0 Å². The van der Waals surface area contributed by atoms with Crippen molar-refractivity contribution in [3.63, 3.8) is 0 Å². The molecule has 0 radical (unpaired) electrons. The lowest BCUT2D eigenvalue weighted by atomic mass is 10.1. The number of amides is 1. The Morgan fingerprint density at radius 2 is 2.41 bits per heavy atom. The van der Waals surface area contributed by atoms with Crippen LogP contribution in [0.2, 0.25) is 5.02 Å². The highest BCUT2D eigenvalue weighted by Crippen LogP contribution is 2.14. The van der Waals surface area contributed by atoms with Crippen LogP contribution in [0.5, 0.6) is 0 Å². The monoisotopic (exact) mass is 249 g/mol. The van der Waals surface area contributed by atoms with Crippen LogP contribution in [-0.4, -0.2) is 36.5 Å². The molecule has 1 aromatic rings. The number of nitriles is 1. The first kappa shape index (κ1) is 11.9. The zero-order valence-corrected chi connectivity index (χ0v) is 9.94. The minimum Gasteiger partial charge on any atom is -0.320 e. The summed E-state index contributed by atoms with van der Waals surface area (Å²) < 4.78 is 0. The third-order valence-electron chi connectivity index (χ3n) is 2.72. The lowest BCUT2D eigenvalue weighted by Gasteiger charge is -2.32. The summed E-state index contributed by atoms with van der Waals surface area (Å²) in [5.74, 6) is -0.138. The molecule has 0 bridgehead atoms. The van der Waals surface area contributed by atoms with Gasteiger partial charge in [-0.05, 0) is 18.2 Å². The Morgan fingerprint density at radius 3 is 3.12 bits per heavy atom. The van der Waals surface area contributed by atoms with E-state index in [0.717, 1.165) is 0 Å². The number of halogens is 1. The second-order valence-electron chi connectivity index (χ2n) is 3.86. The molecular formula is C12H12ClN3O. The molecule has 1 aliphatic rings. The molecule has 0 aliphatic carbocycles. The highest BCUT2D eigenvalue weighted by atomic mass is 35.5. The molecule has 88 valence electrons. The second-order valence-corrected chi connectivity index (χ2v) is 4.29. The zero-order valence-electron chi connectivity index (χ0n) is 9.19. The van der Waals surface area contributed by atoms with Crippen LogP contribution in [-0.2, 0) is 0 Å². The van der Waals surface area contributed by atoms with Gasteiger partial charge >= 0.3 is 0 Å². The number of carbonyl (C=O) groups is 1. The van der Waals surface area contributed by atoms with Gasteiger partial charge in [-0.3, -0.25) is 4.79 Å². The standard InChI is InChI=1S/C12H12ClN3O/c13-10-3-1-2-9(6-10)12(17)16-5-4-15-8-11(16)7-14/h1-3,6,11,15H,4-5,8H2. The quantitative estimate of drug-likeness (QED) is 0.816. The molecule has 0 saturated carbocycles. The Hall–Kier alpha value is -1.57. The minimum atomic E-state index is -0.407. The van der Waals surface area contributed by atoms with E-state index in [1.807, 2.05) is 0 Å². The Kier molecular flexibility index (Phi) is 3.62. The van der Waals surface area contributed by atoms with Crippen LogP contribution >= 0.6 is 11.6 Å². The van der Waals surface area contributed by atoms with Crippen LogP contribution in [0.1, 0.15) is 10.4 Å². The molecule has 0 spiro atoms. The zero-order chi connectivity index (χ0) is 12.3. The van der Waals surface area contributed by atoms with E-state index in [1.165, 1.54) is 0 Å². The number of carbonyl (C=O) groups excluding carboxylic acids is 1. The first-order valence-corrected chi connectivity index (χ1v) is 5.77. The second kappa shape index (κ2) is 5.17. The van der Waals surface area contributed by atoms with Crippen LogP contribution in [0.4, 0.5) is 0 Å². The Balaban J connectivity index is 2.22. The van der Waals surface area contributed by atoms with E-state index < -0.39 is 6.04 Å².